The lowest BCUT2D eigenvalue weighted by molar-refractivity contribution is -0.117. The minimum absolute atomic E-state index is 0.0569. The van der Waals surface area contributed by atoms with Crippen LogP contribution in [-0.2, 0) is 11.3 Å². The van der Waals surface area contributed by atoms with Gasteiger partial charge < -0.3 is 14.8 Å². The van der Waals surface area contributed by atoms with E-state index >= 15 is 0 Å². The van der Waals surface area contributed by atoms with Gasteiger partial charge in [0, 0.05) is 16.7 Å². The van der Waals surface area contributed by atoms with Crippen molar-refractivity contribution in [2.24, 2.45) is 0 Å². The fraction of sp³-hybridized carbons (Fsp3) is 0.316. The molecule has 0 heterocycles. The Morgan fingerprint density at radius 1 is 1.20 bits per heavy atom. The Morgan fingerprint density at radius 2 is 2.00 bits per heavy atom. The van der Waals surface area contributed by atoms with Crippen molar-refractivity contribution in [3.8, 4) is 11.5 Å². The molecule has 0 aliphatic carbocycles. The number of rotatable bonds is 8. The van der Waals surface area contributed by atoms with Gasteiger partial charge in [-0.1, -0.05) is 28.1 Å². The number of carbonyl (C=O) groups excluding carboxylic acids is 1. The third-order valence-electron chi connectivity index (χ3n) is 3.50. The average molecular weight is 407 g/mol. The molecular weight excluding hydrogens is 384 g/mol. The van der Waals surface area contributed by atoms with Crippen molar-refractivity contribution in [3.05, 3.63) is 52.5 Å². The highest BCUT2D eigenvalue weighted by atomic mass is 79.9. The molecule has 0 unspecified atom stereocenters. The molecule has 1 N–H and O–H groups in total. The molecule has 0 aliphatic rings. The topological polar surface area (TPSA) is 50.8 Å². The molecule has 0 spiro atoms. The Kier molecular flexibility index (Phi) is 7.28. The van der Waals surface area contributed by atoms with Crippen LogP contribution in [0.4, 0.5) is 5.69 Å². The summed E-state index contributed by atoms with van der Waals surface area (Å²) in [6.07, 6.45) is 0. The van der Waals surface area contributed by atoms with Gasteiger partial charge in [0.2, 0.25) is 5.91 Å². The zero-order valence-corrected chi connectivity index (χ0v) is 16.3. The standard InChI is InChI=1S/C19H23BrN2O3/c1-4-25-17-9-8-14(10-18(17)24-3)12-22(2)13-19(23)21-16-7-5-6-15(20)11-16/h5-11H,4,12-13H2,1-3H3,(H,21,23). The minimum Gasteiger partial charge on any atom is -0.493 e. The number of likely N-dealkylation sites (N-methyl/N-ethyl adjacent to an activating group) is 1. The first-order valence-electron chi connectivity index (χ1n) is 8.05. The molecule has 0 saturated carbocycles. The highest BCUT2D eigenvalue weighted by Crippen LogP contribution is 2.28. The number of hydrogen-bond acceptors (Lipinski definition) is 4. The summed E-state index contributed by atoms with van der Waals surface area (Å²) in [5, 5.41) is 2.89. The molecule has 0 fully saturated rings. The van der Waals surface area contributed by atoms with Crippen LogP contribution in [0.25, 0.3) is 0 Å². The van der Waals surface area contributed by atoms with Crippen molar-refractivity contribution in [2.45, 2.75) is 13.5 Å². The van der Waals surface area contributed by atoms with Crippen molar-refractivity contribution in [1.82, 2.24) is 4.90 Å². The Labute approximate surface area is 157 Å². The first-order chi connectivity index (χ1) is 12.0. The van der Waals surface area contributed by atoms with Crippen molar-refractivity contribution >= 4 is 27.5 Å². The van der Waals surface area contributed by atoms with Crippen LogP contribution < -0.4 is 14.8 Å². The van der Waals surface area contributed by atoms with Gasteiger partial charge in [-0.2, -0.15) is 0 Å². The SMILES string of the molecule is CCOc1ccc(CN(C)CC(=O)Nc2cccc(Br)c2)cc1OC. The molecule has 25 heavy (non-hydrogen) atoms. The molecule has 0 aromatic heterocycles. The maximum Gasteiger partial charge on any atom is 0.238 e. The van der Waals surface area contributed by atoms with Crippen LogP contribution >= 0.6 is 15.9 Å². The summed E-state index contributed by atoms with van der Waals surface area (Å²) in [4.78, 5) is 14.1. The highest BCUT2D eigenvalue weighted by molar-refractivity contribution is 9.10. The molecule has 0 aliphatic heterocycles. The van der Waals surface area contributed by atoms with Crippen molar-refractivity contribution < 1.29 is 14.3 Å². The molecule has 0 radical (unpaired) electrons. The Bertz CT molecular complexity index is 722. The first-order valence-corrected chi connectivity index (χ1v) is 8.84. The fourth-order valence-electron chi connectivity index (χ4n) is 2.46. The molecule has 6 heteroatoms. The molecule has 0 bridgehead atoms. The molecule has 5 nitrogen and oxygen atoms in total. The number of benzene rings is 2. The largest absolute Gasteiger partial charge is 0.493 e. The van der Waals surface area contributed by atoms with E-state index in [-0.39, 0.29) is 5.91 Å². The van der Waals surface area contributed by atoms with Gasteiger partial charge in [0.15, 0.2) is 11.5 Å². The molecule has 134 valence electrons. The summed E-state index contributed by atoms with van der Waals surface area (Å²) in [5.41, 5.74) is 1.83. The number of hydrogen-bond donors (Lipinski definition) is 1. The van der Waals surface area contributed by atoms with E-state index in [4.69, 9.17) is 9.47 Å². The van der Waals surface area contributed by atoms with Gasteiger partial charge >= 0.3 is 0 Å². The smallest absolute Gasteiger partial charge is 0.238 e. The molecule has 0 atom stereocenters. The van der Waals surface area contributed by atoms with Gasteiger partial charge in [0.1, 0.15) is 0 Å². The summed E-state index contributed by atoms with van der Waals surface area (Å²) < 4.78 is 11.8. The predicted molar refractivity (Wildman–Crippen MR) is 103 cm³/mol. The number of anilines is 1. The molecule has 2 aromatic rings. The molecule has 0 saturated heterocycles. The minimum atomic E-state index is -0.0569. The number of ether oxygens (including phenoxy) is 2. The number of carbonyl (C=O) groups is 1. The zero-order chi connectivity index (χ0) is 18.2. The lowest BCUT2D eigenvalue weighted by atomic mass is 10.2. The number of amides is 1. The summed E-state index contributed by atoms with van der Waals surface area (Å²) >= 11 is 3.39. The second-order valence-corrected chi connectivity index (χ2v) is 6.56. The van der Waals surface area contributed by atoms with E-state index in [9.17, 15) is 4.79 Å². The quantitative estimate of drug-likeness (QED) is 0.721. The monoisotopic (exact) mass is 406 g/mol. The van der Waals surface area contributed by atoms with Gasteiger partial charge in [0.25, 0.3) is 0 Å². The summed E-state index contributed by atoms with van der Waals surface area (Å²) in [6, 6.07) is 13.4. The van der Waals surface area contributed by atoms with Gasteiger partial charge in [-0.3, -0.25) is 9.69 Å². The summed E-state index contributed by atoms with van der Waals surface area (Å²) in [5.74, 6) is 1.37. The van der Waals surface area contributed by atoms with Crippen molar-refractivity contribution in [2.75, 3.05) is 32.6 Å². The third-order valence-corrected chi connectivity index (χ3v) is 4.00. The highest BCUT2D eigenvalue weighted by Gasteiger charge is 2.10. The van der Waals surface area contributed by atoms with Gasteiger partial charge in [-0.25, -0.2) is 0 Å². The van der Waals surface area contributed by atoms with Gasteiger partial charge in [-0.15, -0.1) is 0 Å². The second-order valence-electron chi connectivity index (χ2n) is 5.65. The van der Waals surface area contributed by atoms with Gasteiger partial charge in [0.05, 0.1) is 20.3 Å². The number of methoxy groups -OCH3 is 1. The maximum atomic E-state index is 12.2. The van der Waals surface area contributed by atoms with Crippen LogP contribution in [0, 0.1) is 0 Å². The lowest BCUT2D eigenvalue weighted by Gasteiger charge is -2.18. The Morgan fingerprint density at radius 3 is 2.68 bits per heavy atom. The van der Waals surface area contributed by atoms with E-state index in [1.807, 2.05) is 61.3 Å². The number of nitrogens with zero attached hydrogens (tertiary/aromatic N) is 1. The zero-order valence-electron chi connectivity index (χ0n) is 14.7. The number of nitrogens with one attached hydrogen (secondary N) is 1. The molecule has 1 amide bonds. The van der Waals surface area contributed by atoms with Crippen LogP contribution in [-0.4, -0.2) is 38.1 Å². The van der Waals surface area contributed by atoms with Crippen LogP contribution in [0.5, 0.6) is 11.5 Å². The number of halogens is 1. The van der Waals surface area contributed by atoms with E-state index in [0.29, 0.717) is 25.4 Å². The van der Waals surface area contributed by atoms with E-state index in [1.54, 1.807) is 7.11 Å². The van der Waals surface area contributed by atoms with Crippen molar-refractivity contribution in [1.29, 1.82) is 0 Å². The van der Waals surface area contributed by atoms with Crippen LogP contribution in [0.15, 0.2) is 46.9 Å². The summed E-state index contributed by atoms with van der Waals surface area (Å²) in [7, 11) is 3.53. The Hall–Kier alpha value is -2.05. The average Bonchev–Trinajstić information content (AvgIpc) is 2.56. The van der Waals surface area contributed by atoms with Crippen LogP contribution in [0.3, 0.4) is 0 Å². The van der Waals surface area contributed by atoms with E-state index in [2.05, 4.69) is 21.2 Å². The molecular formula is C19H23BrN2O3. The normalized spacial score (nSPS) is 10.6. The molecule has 2 rings (SSSR count). The van der Waals surface area contributed by atoms with E-state index < -0.39 is 0 Å². The van der Waals surface area contributed by atoms with Crippen molar-refractivity contribution in [3.63, 3.8) is 0 Å². The fourth-order valence-corrected chi connectivity index (χ4v) is 2.86. The molecule has 2 aromatic carbocycles. The first kappa shape index (κ1) is 19.3. The maximum absolute atomic E-state index is 12.2. The van der Waals surface area contributed by atoms with Crippen LogP contribution in [0.2, 0.25) is 0 Å². The van der Waals surface area contributed by atoms with Crippen LogP contribution in [0.1, 0.15) is 12.5 Å². The predicted octanol–water partition coefficient (Wildman–Crippen LogP) is 3.93. The summed E-state index contributed by atoms with van der Waals surface area (Å²) in [6.45, 7) is 3.45. The lowest BCUT2D eigenvalue weighted by Crippen LogP contribution is -2.29. The third kappa shape index (κ3) is 6.07. The van der Waals surface area contributed by atoms with E-state index in [1.165, 1.54) is 0 Å². The Balaban J connectivity index is 1.93. The van der Waals surface area contributed by atoms with Gasteiger partial charge in [-0.05, 0) is 49.9 Å². The second kappa shape index (κ2) is 9.44. The van der Waals surface area contributed by atoms with E-state index in [0.717, 1.165) is 21.5 Å².